The first kappa shape index (κ1) is 30.7. The van der Waals surface area contributed by atoms with Crippen molar-refractivity contribution in [2.75, 3.05) is 4.90 Å². The number of para-hydroxylation sites is 2. The summed E-state index contributed by atoms with van der Waals surface area (Å²) in [5.74, 6) is 0.00754. The molecule has 5 heteroatoms. The zero-order chi connectivity index (χ0) is 35.4. The van der Waals surface area contributed by atoms with Crippen LogP contribution in [0.2, 0.25) is 0 Å². The molecular formula is C47H29N5. The fourth-order valence-corrected chi connectivity index (χ4v) is 8.27. The van der Waals surface area contributed by atoms with E-state index in [-0.39, 0.29) is 5.92 Å². The van der Waals surface area contributed by atoms with E-state index in [1.54, 1.807) is 0 Å². The van der Waals surface area contributed by atoms with Gasteiger partial charge < -0.3 is 9.47 Å². The van der Waals surface area contributed by atoms with Gasteiger partial charge in [-0.05, 0) is 66.1 Å². The number of rotatable bonds is 4. The Hall–Kier alpha value is -7.31. The highest BCUT2D eigenvalue weighted by atomic mass is 15.2. The summed E-state index contributed by atoms with van der Waals surface area (Å²) >= 11 is 0. The average molecular weight is 664 g/mol. The summed E-state index contributed by atoms with van der Waals surface area (Å²) in [6, 6.07) is 35.9. The molecule has 2 atom stereocenters. The molecule has 3 aliphatic carbocycles. The fraction of sp³-hybridized carbons (Fsp3) is 0.0851. The molecule has 242 valence electrons. The van der Waals surface area contributed by atoms with Crippen LogP contribution in [0.25, 0.3) is 51.0 Å². The number of hydrogen-bond donors (Lipinski definition) is 0. The number of nitriles is 3. The summed E-state index contributed by atoms with van der Waals surface area (Å²) in [7, 11) is 0. The van der Waals surface area contributed by atoms with E-state index in [9.17, 15) is 15.8 Å². The third-order valence-electron chi connectivity index (χ3n) is 10.6. The molecule has 52 heavy (non-hydrogen) atoms. The zero-order valence-electron chi connectivity index (χ0n) is 28.3. The second-order valence-electron chi connectivity index (χ2n) is 13.5. The van der Waals surface area contributed by atoms with Gasteiger partial charge in [0.15, 0.2) is 0 Å². The van der Waals surface area contributed by atoms with E-state index in [1.165, 1.54) is 0 Å². The predicted octanol–water partition coefficient (Wildman–Crippen LogP) is 10.5. The van der Waals surface area contributed by atoms with Gasteiger partial charge in [-0.3, -0.25) is 0 Å². The summed E-state index contributed by atoms with van der Waals surface area (Å²) in [5, 5.41) is 31.8. The molecule has 1 aromatic heterocycles. The highest BCUT2D eigenvalue weighted by molar-refractivity contribution is 5.97. The Balaban J connectivity index is 1.17. The maximum Gasteiger partial charge on any atom is 0.101 e. The topological polar surface area (TPSA) is 79.5 Å². The first-order chi connectivity index (χ1) is 25.5. The lowest BCUT2D eigenvalue weighted by Gasteiger charge is -2.41. The van der Waals surface area contributed by atoms with Crippen molar-refractivity contribution < 1.29 is 0 Å². The van der Waals surface area contributed by atoms with Crippen molar-refractivity contribution in [3.63, 3.8) is 0 Å². The molecule has 0 radical (unpaired) electrons. The summed E-state index contributed by atoms with van der Waals surface area (Å²) in [6.45, 7) is 2.18. The number of benzene rings is 4. The van der Waals surface area contributed by atoms with Crippen LogP contribution in [-0.2, 0) is 0 Å². The molecule has 0 N–H and O–H groups in total. The van der Waals surface area contributed by atoms with Crippen LogP contribution in [0.1, 0.15) is 35.7 Å². The Morgan fingerprint density at radius 1 is 0.808 bits per heavy atom. The highest BCUT2D eigenvalue weighted by Crippen LogP contribution is 2.51. The van der Waals surface area contributed by atoms with Gasteiger partial charge >= 0.3 is 0 Å². The minimum atomic E-state index is -0.480. The van der Waals surface area contributed by atoms with Crippen molar-refractivity contribution in [2.45, 2.75) is 18.9 Å². The predicted molar refractivity (Wildman–Crippen MR) is 207 cm³/mol. The average Bonchev–Trinajstić information content (AvgIpc) is 3.55. The van der Waals surface area contributed by atoms with Crippen LogP contribution in [0.4, 0.5) is 5.69 Å². The van der Waals surface area contributed by atoms with Gasteiger partial charge in [-0.1, -0.05) is 103 Å². The molecular weight excluding hydrogens is 635 g/mol. The summed E-state index contributed by atoms with van der Waals surface area (Å²) in [4.78, 5) is 2.26. The first-order valence-electron chi connectivity index (χ1n) is 17.2. The van der Waals surface area contributed by atoms with Crippen molar-refractivity contribution >= 4 is 28.7 Å². The van der Waals surface area contributed by atoms with Crippen LogP contribution in [0.3, 0.4) is 0 Å². The van der Waals surface area contributed by atoms with Gasteiger partial charge in [-0.2, -0.15) is 15.8 Å². The number of nitrogens with zero attached hydrogens (tertiary/aromatic N) is 5. The lowest BCUT2D eigenvalue weighted by Crippen LogP contribution is -2.45. The molecule has 0 fully saturated rings. The lowest BCUT2D eigenvalue weighted by molar-refractivity contribution is 0.497. The zero-order valence-corrected chi connectivity index (χ0v) is 28.3. The number of allylic oxidation sites excluding steroid dienone is 6. The molecule has 0 bridgehead atoms. The number of aromatic nitrogens is 1. The molecule has 0 amide bonds. The quantitative estimate of drug-likeness (QED) is 0.176. The Labute approximate surface area is 302 Å². The molecule has 1 aliphatic heterocycles. The maximum atomic E-state index is 10.4. The van der Waals surface area contributed by atoms with E-state index >= 15 is 0 Å². The fourth-order valence-electron chi connectivity index (χ4n) is 8.27. The molecule has 9 rings (SSSR count). The Bertz CT molecular complexity index is 2780. The van der Waals surface area contributed by atoms with Crippen molar-refractivity contribution in [3.05, 3.63) is 178 Å². The van der Waals surface area contributed by atoms with Gasteiger partial charge in [0.1, 0.15) is 12.1 Å². The van der Waals surface area contributed by atoms with E-state index in [2.05, 4.69) is 137 Å². The van der Waals surface area contributed by atoms with Crippen LogP contribution < -0.4 is 4.90 Å². The van der Waals surface area contributed by atoms with Crippen LogP contribution >= 0.6 is 0 Å². The SMILES string of the molecule is CC12C=CC=CC1C1=C(C=CCC(C#N)=C1)N2c1cc(C#N)c(C#N)c(-c2ccc(-c3ccccc3-n3c4c(c5ccccc53)C=C=C=C4)cc2)c1. The van der Waals surface area contributed by atoms with Gasteiger partial charge in [-0.25, -0.2) is 0 Å². The van der Waals surface area contributed by atoms with Crippen molar-refractivity contribution in [3.8, 4) is 46.1 Å². The van der Waals surface area contributed by atoms with Crippen LogP contribution in [0, 0.1) is 39.9 Å². The van der Waals surface area contributed by atoms with Crippen LogP contribution in [-0.4, -0.2) is 10.1 Å². The number of fused-ring (bicyclic) bond motifs is 5. The van der Waals surface area contributed by atoms with Crippen molar-refractivity contribution in [1.29, 1.82) is 15.8 Å². The molecule has 0 saturated carbocycles. The van der Waals surface area contributed by atoms with Gasteiger partial charge in [0, 0.05) is 57.4 Å². The second kappa shape index (κ2) is 11.9. The largest absolute Gasteiger partial charge is 0.331 e. The summed E-state index contributed by atoms with van der Waals surface area (Å²) in [5.41, 5.74) is 18.0. The van der Waals surface area contributed by atoms with Gasteiger partial charge in [0.25, 0.3) is 0 Å². The Morgan fingerprint density at radius 2 is 1.58 bits per heavy atom. The van der Waals surface area contributed by atoms with E-state index in [1.807, 2.05) is 48.6 Å². The number of anilines is 1. The minimum absolute atomic E-state index is 0.00754. The van der Waals surface area contributed by atoms with Crippen LogP contribution in [0.5, 0.6) is 0 Å². The smallest absolute Gasteiger partial charge is 0.101 e. The number of hydrogen-bond acceptors (Lipinski definition) is 4. The third-order valence-corrected chi connectivity index (χ3v) is 10.6. The minimum Gasteiger partial charge on any atom is -0.331 e. The molecule has 0 saturated heterocycles. The molecule has 4 aromatic carbocycles. The van der Waals surface area contributed by atoms with E-state index in [4.69, 9.17) is 0 Å². The second-order valence-corrected chi connectivity index (χ2v) is 13.5. The first-order valence-corrected chi connectivity index (χ1v) is 17.2. The molecule has 2 heterocycles. The summed E-state index contributed by atoms with van der Waals surface area (Å²) < 4.78 is 2.28. The lowest BCUT2D eigenvalue weighted by atomic mass is 9.79. The molecule has 5 nitrogen and oxygen atoms in total. The molecule has 2 unspecified atom stereocenters. The normalized spacial score (nSPS) is 19.1. The van der Waals surface area contributed by atoms with Gasteiger partial charge in [0.2, 0.25) is 0 Å². The van der Waals surface area contributed by atoms with Gasteiger partial charge in [-0.15, -0.1) is 0 Å². The maximum absolute atomic E-state index is 10.4. The summed E-state index contributed by atoms with van der Waals surface area (Å²) in [6.07, 6.45) is 19.2. The highest BCUT2D eigenvalue weighted by Gasteiger charge is 2.47. The monoisotopic (exact) mass is 663 g/mol. The molecule has 0 spiro atoms. The van der Waals surface area contributed by atoms with E-state index < -0.39 is 5.54 Å². The Kier molecular flexibility index (Phi) is 7.05. The van der Waals surface area contributed by atoms with Crippen molar-refractivity contribution in [2.24, 2.45) is 5.92 Å². The van der Waals surface area contributed by atoms with Crippen LogP contribution in [0.15, 0.2) is 156 Å². The van der Waals surface area contributed by atoms with E-state index in [0.29, 0.717) is 28.7 Å². The molecule has 4 aliphatic rings. The molecule has 5 aromatic rings. The van der Waals surface area contributed by atoms with Crippen molar-refractivity contribution in [1.82, 2.24) is 4.57 Å². The third kappa shape index (κ3) is 4.55. The van der Waals surface area contributed by atoms with Gasteiger partial charge in [0.05, 0.1) is 39.6 Å². The van der Waals surface area contributed by atoms with E-state index in [0.717, 1.165) is 61.5 Å². The Morgan fingerprint density at radius 3 is 2.38 bits per heavy atom. The standard InChI is InChI=1S/C47H29N5/c1-47-24-9-8-15-42(47)40-25-31(28-48)11-10-19-46(40)52(47)35-26-34(29-49)41(30-50)39(27-35)33-22-20-32(21-23-33)36-12-2-5-16-43(36)51-44-17-6-3-13-37(44)38-14-4-7-18-45(38)51/h2-3,5-6,8-10,12-27,42H,11H2,1H3.